The van der Waals surface area contributed by atoms with Gasteiger partial charge < -0.3 is 4.74 Å². The second-order valence-corrected chi connectivity index (χ2v) is 5.69. The van der Waals surface area contributed by atoms with E-state index in [0.29, 0.717) is 25.4 Å². The second kappa shape index (κ2) is 4.34. The molecule has 6 nitrogen and oxygen atoms in total. The fourth-order valence-corrected chi connectivity index (χ4v) is 2.49. The molecule has 2 heterocycles. The molecule has 0 bridgehead atoms. The molecule has 2 rings (SSSR count). The maximum absolute atomic E-state index is 11.3. The SMILES string of the molecule is CS(=O)(=O)N1CCC(Oc2cccnn2)C1. The predicted octanol–water partition coefficient (Wildman–Crippen LogP) is -0.111. The van der Waals surface area contributed by atoms with Gasteiger partial charge in [-0.25, -0.2) is 8.42 Å². The molecule has 0 N–H and O–H groups in total. The fraction of sp³-hybridized carbons (Fsp3) is 0.556. The van der Waals surface area contributed by atoms with E-state index in [1.807, 2.05) is 0 Å². The van der Waals surface area contributed by atoms with Gasteiger partial charge in [0, 0.05) is 18.8 Å². The van der Waals surface area contributed by atoms with Crippen molar-refractivity contribution < 1.29 is 13.2 Å². The molecule has 16 heavy (non-hydrogen) atoms. The van der Waals surface area contributed by atoms with Crippen molar-refractivity contribution in [3.05, 3.63) is 18.3 Å². The van der Waals surface area contributed by atoms with Crippen LogP contribution in [0.1, 0.15) is 6.42 Å². The van der Waals surface area contributed by atoms with Crippen LogP contribution in [-0.2, 0) is 10.0 Å². The molecule has 1 aromatic heterocycles. The van der Waals surface area contributed by atoms with Gasteiger partial charge in [0.1, 0.15) is 6.10 Å². The van der Waals surface area contributed by atoms with Crippen LogP contribution in [0, 0.1) is 0 Å². The van der Waals surface area contributed by atoms with Gasteiger partial charge in [-0.2, -0.15) is 9.40 Å². The van der Waals surface area contributed by atoms with Crippen LogP contribution in [0.4, 0.5) is 0 Å². The van der Waals surface area contributed by atoms with Crippen LogP contribution in [0.25, 0.3) is 0 Å². The molecule has 0 amide bonds. The summed E-state index contributed by atoms with van der Waals surface area (Å²) in [5.41, 5.74) is 0. The molecular weight excluding hydrogens is 230 g/mol. The predicted molar refractivity (Wildman–Crippen MR) is 57.5 cm³/mol. The Morgan fingerprint density at radius 3 is 2.94 bits per heavy atom. The van der Waals surface area contributed by atoms with E-state index in [9.17, 15) is 8.42 Å². The van der Waals surface area contributed by atoms with Crippen molar-refractivity contribution in [2.24, 2.45) is 0 Å². The molecule has 0 radical (unpaired) electrons. The Hall–Kier alpha value is -1.21. The number of aromatic nitrogens is 2. The molecule has 1 saturated heterocycles. The summed E-state index contributed by atoms with van der Waals surface area (Å²) in [5.74, 6) is 0.433. The molecule has 88 valence electrons. The second-order valence-electron chi connectivity index (χ2n) is 3.71. The van der Waals surface area contributed by atoms with E-state index in [0.717, 1.165) is 0 Å². The fourth-order valence-electron chi connectivity index (χ4n) is 1.62. The molecule has 0 aliphatic carbocycles. The van der Waals surface area contributed by atoms with Gasteiger partial charge in [-0.3, -0.25) is 0 Å². The van der Waals surface area contributed by atoms with E-state index < -0.39 is 10.0 Å². The number of hydrogen-bond acceptors (Lipinski definition) is 5. The van der Waals surface area contributed by atoms with Gasteiger partial charge in [0.15, 0.2) is 0 Å². The molecule has 1 atom stereocenters. The quantitative estimate of drug-likeness (QED) is 0.740. The number of sulfonamides is 1. The maximum atomic E-state index is 11.3. The van der Waals surface area contributed by atoms with E-state index in [1.165, 1.54) is 10.6 Å². The van der Waals surface area contributed by atoms with Gasteiger partial charge in [0.2, 0.25) is 15.9 Å². The van der Waals surface area contributed by atoms with Crippen LogP contribution in [0.3, 0.4) is 0 Å². The van der Waals surface area contributed by atoms with Crippen LogP contribution in [0.5, 0.6) is 5.88 Å². The first kappa shape index (κ1) is 11.3. The lowest BCUT2D eigenvalue weighted by Gasteiger charge is -2.13. The van der Waals surface area contributed by atoms with Crippen molar-refractivity contribution in [3.63, 3.8) is 0 Å². The first-order valence-electron chi connectivity index (χ1n) is 4.95. The van der Waals surface area contributed by atoms with Crippen LogP contribution in [0.2, 0.25) is 0 Å². The Bertz CT molecular complexity index is 448. The zero-order valence-corrected chi connectivity index (χ0v) is 9.72. The Kier molecular flexibility index (Phi) is 3.06. The molecule has 0 aromatic carbocycles. The van der Waals surface area contributed by atoms with Gasteiger partial charge in [-0.1, -0.05) is 0 Å². The lowest BCUT2D eigenvalue weighted by Crippen LogP contribution is -2.30. The first-order valence-corrected chi connectivity index (χ1v) is 6.80. The van der Waals surface area contributed by atoms with Crippen molar-refractivity contribution in [1.82, 2.24) is 14.5 Å². The summed E-state index contributed by atoms with van der Waals surface area (Å²) < 4.78 is 29.5. The first-order chi connectivity index (χ1) is 7.55. The van der Waals surface area contributed by atoms with Gasteiger partial charge in [-0.05, 0) is 12.5 Å². The van der Waals surface area contributed by atoms with Crippen LogP contribution in [0.15, 0.2) is 18.3 Å². The van der Waals surface area contributed by atoms with Crippen LogP contribution < -0.4 is 4.74 Å². The summed E-state index contributed by atoms with van der Waals surface area (Å²) in [6, 6.07) is 3.43. The van der Waals surface area contributed by atoms with E-state index >= 15 is 0 Å². The summed E-state index contributed by atoms with van der Waals surface area (Å²) >= 11 is 0. The van der Waals surface area contributed by atoms with E-state index in [4.69, 9.17) is 4.74 Å². The van der Waals surface area contributed by atoms with E-state index in [2.05, 4.69) is 10.2 Å². The summed E-state index contributed by atoms with van der Waals surface area (Å²) in [4.78, 5) is 0. The highest BCUT2D eigenvalue weighted by molar-refractivity contribution is 7.88. The maximum Gasteiger partial charge on any atom is 0.233 e. The van der Waals surface area contributed by atoms with Crippen molar-refractivity contribution in [3.8, 4) is 5.88 Å². The molecular formula is C9H13N3O3S. The van der Waals surface area contributed by atoms with E-state index in [-0.39, 0.29) is 6.10 Å². The zero-order chi connectivity index (χ0) is 11.6. The molecule has 1 aliphatic heterocycles. The summed E-state index contributed by atoms with van der Waals surface area (Å²) in [6.07, 6.45) is 3.32. The Labute approximate surface area is 94.3 Å². The van der Waals surface area contributed by atoms with E-state index in [1.54, 1.807) is 18.3 Å². The molecule has 1 aliphatic rings. The minimum Gasteiger partial charge on any atom is -0.472 e. The minimum absolute atomic E-state index is 0.133. The molecule has 1 unspecified atom stereocenters. The Morgan fingerprint density at radius 1 is 1.56 bits per heavy atom. The topological polar surface area (TPSA) is 72.4 Å². The zero-order valence-electron chi connectivity index (χ0n) is 8.91. The average molecular weight is 243 g/mol. The van der Waals surface area contributed by atoms with Crippen molar-refractivity contribution >= 4 is 10.0 Å². The number of ether oxygens (including phenoxy) is 1. The van der Waals surface area contributed by atoms with Gasteiger partial charge in [0.05, 0.1) is 12.8 Å². The summed E-state index contributed by atoms with van der Waals surface area (Å²) in [7, 11) is -3.11. The Balaban J connectivity index is 1.96. The molecule has 7 heteroatoms. The summed E-state index contributed by atoms with van der Waals surface area (Å²) in [5, 5.41) is 7.48. The average Bonchev–Trinajstić information content (AvgIpc) is 2.67. The van der Waals surface area contributed by atoms with Gasteiger partial charge in [0.25, 0.3) is 0 Å². The van der Waals surface area contributed by atoms with Crippen LogP contribution in [-0.4, -0.2) is 48.4 Å². The third-order valence-corrected chi connectivity index (χ3v) is 3.68. The van der Waals surface area contributed by atoms with Crippen LogP contribution >= 0.6 is 0 Å². The molecule has 0 saturated carbocycles. The van der Waals surface area contributed by atoms with Gasteiger partial charge in [-0.15, -0.1) is 5.10 Å². The standard InChI is InChI=1S/C9H13N3O3S/c1-16(13,14)12-6-4-8(7-12)15-9-3-2-5-10-11-9/h2-3,5,8H,4,6-7H2,1H3. The number of rotatable bonds is 3. The Morgan fingerprint density at radius 2 is 2.38 bits per heavy atom. The minimum atomic E-state index is -3.11. The summed E-state index contributed by atoms with van der Waals surface area (Å²) in [6.45, 7) is 0.888. The van der Waals surface area contributed by atoms with Gasteiger partial charge >= 0.3 is 0 Å². The normalized spacial score (nSPS) is 22.2. The largest absolute Gasteiger partial charge is 0.472 e. The third-order valence-electron chi connectivity index (χ3n) is 2.41. The highest BCUT2D eigenvalue weighted by atomic mass is 32.2. The molecule has 1 fully saturated rings. The highest BCUT2D eigenvalue weighted by Crippen LogP contribution is 2.17. The number of nitrogens with zero attached hydrogens (tertiary/aromatic N) is 3. The lowest BCUT2D eigenvalue weighted by atomic mass is 10.3. The highest BCUT2D eigenvalue weighted by Gasteiger charge is 2.29. The van der Waals surface area contributed by atoms with Crippen molar-refractivity contribution in [2.45, 2.75) is 12.5 Å². The van der Waals surface area contributed by atoms with Crippen molar-refractivity contribution in [1.29, 1.82) is 0 Å². The smallest absolute Gasteiger partial charge is 0.233 e. The molecule has 1 aromatic rings. The lowest BCUT2D eigenvalue weighted by molar-refractivity contribution is 0.205. The third kappa shape index (κ3) is 2.67. The molecule has 0 spiro atoms. The number of hydrogen-bond donors (Lipinski definition) is 0. The monoisotopic (exact) mass is 243 g/mol. The van der Waals surface area contributed by atoms with Crippen molar-refractivity contribution in [2.75, 3.05) is 19.3 Å².